The van der Waals surface area contributed by atoms with Crippen LogP contribution in [0.15, 0.2) is 200 Å². The summed E-state index contributed by atoms with van der Waals surface area (Å²) in [5, 5.41) is 4.42. The Kier molecular flexibility index (Phi) is 11.2. The topological polar surface area (TPSA) is 20.2 Å². The standard InChI is InChI=1S/C48H46OP2/c1-5-7-8-12-23-36(3)48(50,40-26-13-9-14-27-40)37(4)46(43-32-21-19-24-38(43)6-2)47-44-33-22-20-25-39(44)34-35-45(47)51(49,41-28-15-10-16-29-41)42-30-17-11-18-31-42/h5-6,8-35,49,51H,1-2,7,50H2,3-4H3/b12-8-,36-23+,46-37-. The molecule has 0 aliphatic rings. The van der Waals surface area contributed by atoms with Crippen molar-refractivity contribution in [2.75, 3.05) is 0 Å². The molecule has 0 bridgehead atoms. The SMILES string of the molecule is C=CC/C=C\C=C(/C)C(P)(/C(C)=C(/c1ccccc1C=C)c1c([PH](O)(c2ccccc2)c2ccccc2)ccc2ccccc12)c1ccccc1. The molecule has 1 nitrogen and oxygen atoms in total. The summed E-state index contributed by atoms with van der Waals surface area (Å²) in [5.74, 6) is 0. The van der Waals surface area contributed by atoms with Gasteiger partial charge in [-0.25, -0.2) is 0 Å². The van der Waals surface area contributed by atoms with Crippen molar-refractivity contribution in [1.29, 1.82) is 0 Å². The van der Waals surface area contributed by atoms with Crippen LogP contribution in [0.2, 0.25) is 0 Å². The van der Waals surface area contributed by atoms with Crippen molar-refractivity contribution in [3.63, 3.8) is 0 Å². The van der Waals surface area contributed by atoms with Crippen molar-refractivity contribution >= 4 is 55.1 Å². The number of hydrogen-bond acceptors (Lipinski definition) is 1. The maximum atomic E-state index is 13.6. The van der Waals surface area contributed by atoms with E-state index in [1.165, 1.54) is 5.57 Å². The predicted octanol–water partition coefficient (Wildman–Crippen LogP) is 11.1. The van der Waals surface area contributed by atoms with Crippen LogP contribution in [0.3, 0.4) is 0 Å². The van der Waals surface area contributed by atoms with Crippen LogP contribution in [0, 0.1) is 0 Å². The number of allylic oxidation sites excluding steroid dienone is 6. The molecule has 1 N–H and O–H groups in total. The van der Waals surface area contributed by atoms with Crippen LogP contribution in [0.5, 0.6) is 0 Å². The van der Waals surface area contributed by atoms with Crippen molar-refractivity contribution in [2.45, 2.75) is 25.4 Å². The summed E-state index contributed by atoms with van der Waals surface area (Å²) in [4.78, 5) is 13.6. The van der Waals surface area contributed by atoms with E-state index >= 15 is 0 Å². The Balaban J connectivity index is 1.84. The number of rotatable bonds is 12. The quantitative estimate of drug-likeness (QED) is 0.0765. The van der Waals surface area contributed by atoms with Crippen molar-refractivity contribution in [3.8, 4) is 0 Å². The van der Waals surface area contributed by atoms with E-state index in [1.54, 1.807) is 0 Å². The molecular weight excluding hydrogens is 654 g/mol. The Morgan fingerprint density at radius 2 is 1.27 bits per heavy atom. The average molecular weight is 701 g/mol. The first kappa shape index (κ1) is 35.9. The molecule has 51 heavy (non-hydrogen) atoms. The Morgan fingerprint density at radius 1 is 0.706 bits per heavy atom. The van der Waals surface area contributed by atoms with Crippen LogP contribution < -0.4 is 15.9 Å². The zero-order chi connectivity index (χ0) is 35.8. The molecule has 0 saturated heterocycles. The van der Waals surface area contributed by atoms with Crippen LogP contribution in [-0.2, 0) is 5.16 Å². The summed E-state index contributed by atoms with van der Waals surface area (Å²) in [6, 6.07) is 52.6. The van der Waals surface area contributed by atoms with Crippen LogP contribution in [0.25, 0.3) is 22.4 Å². The van der Waals surface area contributed by atoms with Gasteiger partial charge in [0.2, 0.25) is 0 Å². The Morgan fingerprint density at radius 3 is 1.90 bits per heavy atom. The molecule has 0 heterocycles. The Labute approximate surface area is 306 Å². The molecule has 0 aliphatic heterocycles. The normalized spacial score (nSPS) is 14.2. The van der Waals surface area contributed by atoms with E-state index in [0.29, 0.717) is 0 Å². The van der Waals surface area contributed by atoms with Gasteiger partial charge >= 0.3 is 308 Å². The van der Waals surface area contributed by atoms with Gasteiger partial charge in [0, 0.05) is 0 Å². The van der Waals surface area contributed by atoms with Gasteiger partial charge < -0.3 is 0 Å². The molecular formula is C48H46OP2. The number of hydrogen-bond donors (Lipinski definition) is 1. The van der Waals surface area contributed by atoms with Gasteiger partial charge in [-0.05, 0) is 0 Å². The third-order valence-corrected chi connectivity index (χ3v) is 14.8. The number of fused-ring (bicyclic) bond motifs is 1. The van der Waals surface area contributed by atoms with Gasteiger partial charge in [0.1, 0.15) is 0 Å². The molecule has 0 radical (unpaired) electrons. The van der Waals surface area contributed by atoms with Gasteiger partial charge in [-0.15, -0.1) is 0 Å². The van der Waals surface area contributed by atoms with E-state index in [9.17, 15) is 4.89 Å². The summed E-state index contributed by atoms with van der Waals surface area (Å²) in [6.07, 6.45) is 11.1. The van der Waals surface area contributed by atoms with Crippen LogP contribution in [-0.4, -0.2) is 4.89 Å². The maximum absolute atomic E-state index is 13.6. The molecule has 0 amide bonds. The minimum absolute atomic E-state index is 0.600. The van der Waals surface area contributed by atoms with Crippen molar-refractivity contribution in [2.24, 2.45) is 0 Å². The summed E-state index contributed by atoms with van der Waals surface area (Å²) >= 11 is 0. The summed E-state index contributed by atoms with van der Waals surface area (Å²) in [5.41, 5.74) is 7.70. The van der Waals surface area contributed by atoms with Crippen LogP contribution in [0.4, 0.5) is 0 Å². The van der Waals surface area contributed by atoms with E-state index in [1.807, 2.05) is 48.6 Å². The summed E-state index contributed by atoms with van der Waals surface area (Å²) < 4.78 is 0. The van der Waals surface area contributed by atoms with E-state index in [-0.39, 0.29) is 0 Å². The zero-order valence-electron chi connectivity index (χ0n) is 29.5. The summed E-state index contributed by atoms with van der Waals surface area (Å²) in [7, 11) is -0.349. The first-order valence-electron chi connectivity index (χ1n) is 17.4. The van der Waals surface area contributed by atoms with Crippen molar-refractivity contribution in [1.82, 2.24) is 0 Å². The Hall–Kier alpha value is -4.90. The Bertz CT molecular complexity index is 2210. The van der Waals surface area contributed by atoms with E-state index in [2.05, 4.69) is 170 Å². The average Bonchev–Trinajstić information content (AvgIpc) is 3.20. The molecule has 0 saturated carbocycles. The first-order valence-corrected chi connectivity index (χ1v) is 20.0. The van der Waals surface area contributed by atoms with Gasteiger partial charge in [-0.2, -0.15) is 0 Å². The molecule has 2 atom stereocenters. The fourth-order valence-electron chi connectivity index (χ4n) is 7.26. The van der Waals surface area contributed by atoms with E-state index in [4.69, 9.17) is 0 Å². The van der Waals surface area contributed by atoms with E-state index in [0.717, 1.165) is 66.5 Å². The van der Waals surface area contributed by atoms with Gasteiger partial charge in [0.05, 0.1) is 0 Å². The summed E-state index contributed by atoms with van der Waals surface area (Å²) in [6.45, 7) is 12.6. The molecule has 6 aromatic carbocycles. The van der Waals surface area contributed by atoms with Crippen molar-refractivity contribution in [3.05, 3.63) is 223 Å². The van der Waals surface area contributed by atoms with Gasteiger partial charge in [0.25, 0.3) is 0 Å². The second-order valence-electron chi connectivity index (χ2n) is 12.9. The number of benzene rings is 6. The minimum atomic E-state index is -3.61. The van der Waals surface area contributed by atoms with Crippen LogP contribution >= 0.6 is 16.7 Å². The monoisotopic (exact) mass is 700 g/mol. The second-order valence-corrected chi connectivity index (χ2v) is 16.9. The molecule has 3 heteroatoms. The van der Waals surface area contributed by atoms with E-state index < -0.39 is 12.6 Å². The molecule has 6 aromatic rings. The third kappa shape index (κ3) is 6.91. The van der Waals surface area contributed by atoms with Gasteiger partial charge in [-0.1, -0.05) is 0 Å². The second kappa shape index (κ2) is 16.0. The fourth-order valence-corrected chi connectivity index (χ4v) is 10.9. The van der Waals surface area contributed by atoms with Crippen molar-refractivity contribution < 1.29 is 4.89 Å². The molecule has 0 aromatic heterocycles. The molecule has 6 rings (SSSR count). The molecule has 254 valence electrons. The predicted molar refractivity (Wildman–Crippen MR) is 230 cm³/mol. The van der Waals surface area contributed by atoms with Gasteiger partial charge in [-0.3, -0.25) is 0 Å². The van der Waals surface area contributed by atoms with Gasteiger partial charge in [0.15, 0.2) is 0 Å². The molecule has 0 fully saturated rings. The fraction of sp³-hybridized carbons (Fsp3) is 0.0833. The molecule has 2 unspecified atom stereocenters. The zero-order valence-corrected chi connectivity index (χ0v) is 31.6. The first-order chi connectivity index (χ1) is 24.8. The van der Waals surface area contributed by atoms with Crippen LogP contribution in [0.1, 0.15) is 42.5 Å². The molecule has 0 aliphatic carbocycles. The molecule has 0 spiro atoms. The third-order valence-electron chi connectivity index (χ3n) is 10.0.